The van der Waals surface area contributed by atoms with Gasteiger partial charge in [0.1, 0.15) is 0 Å². The zero-order chi connectivity index (χ0) is 18.2. The average molecular weight is 352 g/mol. The number of benzene rings is 2. The number of likely N-dealkylation sites (tertiary alicyclic amines) is 1. The fourth-order valence-corrected chi connectivity index (χ4v) is 3.44. The van der Waals surface area contributed by atoms with Gasteiger partial charge in [-0.05, 0) is 37.5 Å². The SMILES string of the molecule is CCOC1CCN(CC(=O)N(Cc2ccccc2)c2ccccc2)CC1. The van der Waals surface area contributed by atoms with Gasteiger partial charge in [0.15, 0.2) is 0 Å². The summed E-state index contributed by atoms with van der Waals surface area (Å²) in [6, 6.07) is 20.1. The first-order valence-electron chi connectivity index (χ1n) is 9.49. The quantitative estimate of drug-likeness (QED) is 0.761. The maximum atomic E-state index is 13.1. The number of hydrogen-bond acceptors (Lipinski definition) is 3. The maximum Gasteiger partial charge on any atom is 0.241 e. The second-order valence-corrected chi connectivity index (χ2v) is 6.73. The lowest BCUT2D eigenvalue weighted by atomic mass is 10.1. The summed E-state index contributed by atoms with van der Waals surface area (Å²) in [4.78, 5) is 17.2. The molecule has 1 aliphatic rings. The Morgan fingerprint density at radius 3 is 2.27 bits per heavy atom. The van der Waals surface area contributed by atoms with Crippen LogP contribution in [0.3, 0.4) is 0 Å². The van der Waals surface area contributed by atoms with E-state index in [2.05, 4.69) is 17.0 Å². The van der Waals surface area contributed by atoms with E-state index in [1.165, 1.54) is 0 Å². The molecule has 4 heteroatoms. The summed E-state index contributed by atoms with van der Waals surface area (Å²) >= 11 is 0. The molecule has 0 unspecified atom stereocenters. The molecule has 0 aromatic heterocycles. The number of carbonyl (C=O) groups is 1. The number of hydrogen-bond donors (Lipinski definition) is 0. The van der Waals surface area contributed by atoms with Crippen molar-refractivity contribution in [1.82, 2.24) is 4.90 Å². The van der Waals surface area contributed by atoms with Gasteiger partial charge in [-0.25, -0.2) is 0 Å². The zero-order valence-electron chi connectivity index (χ0n) is 15.5. The Kier molecular flexibility index (Phi) is 6.81. The number of amides is 1. The van der Waals surface area contributed by atoms with Crippen LogP contribution in [-0.4, -0.2) is 43.2 Å². The second-order valence-electron chi connectivity index (χ2n) is 6.73. The second kappa shape index (κ2) is 9.51. The first kappa shape index (κ1) is 18.6. The Morgan fingerprint density at radius 1 is 1.04 bits per heavy atom. The van der Waals surface area contributed by atoms with Crippen molar-refractivity contribution in [3.05, 3.63) is 66.2 Å². The lowest BCUT2D eigenvalue weighted by Crippen LogP contribution is -2.44. The van der Waals surface area contributed by atoms with Gasteiger partial charge in [-0.2, -0.15) is 0 Å². The van der Waals surface area contributed by atoms with Crippen LogP contribution in [-0.2, 0) is 16.1 Å². The van der Waals surface area contributed by atoms with E-state index >= 15 is 0 Å². The van der Waals surface area contributed by atoms with Crippen molar-refractivity contribution in [3.63, 3.8) is 0 Å². The largest absolute Gasteiger partial charge is 0.378 e. The Morgan fingerprint density at radius 2 is 1.65 bits per heavy atom. The van der Waals surface area contributed by atoms with E-state index in [4.69, 9.17) is 4.74 Å². The Balaban J connectivity index is 1.66. The van der Waals surface area contributed by atoms with E-state index in [0.717, 1.165) is 43.8 Å². The molecule has 0 N–H and O–H groups in total. The molecule has 1 heterocycles. The van der Waals surface area contributed by atoms with Crippen molar-refractivity contribution in [3.8, 4) is 0 Å². The van der Waals surface area contributed by atoms with Crippen LogP contribution in [0, 0.1) is 0 Å². The summed E-state index contributed by atoms with van der Waals surface area (Å²) < 4.78 is 5.71. The summed E-state index contributed by atoms with van der Waals surface area (Å²) in [6.45, 7) is 5.70. The third-order valence-corrected chi connectivity index (χ3v) is 4.85. The van der Waals surface area contributed by atoms with Crippen LogP contribution in [0.15, 0.2) is 60.7 Å². The van der Waals surface area contributed by atoms with Crippen LogP contribution in [0.25, 0.3) is 0 Å². The Hall–Kier alpha value is -2.17. The van der Waals surface area contributed by atoms with Gasteiger partial charge in [0, 0.05) is 25.4 Å². The molecule has 0 saturated carbocycles. The van der Waals surface area contributed by atoms with Crippen LogP contribution in [0.4, 0.5) is 5.69 Å². The summed E-state index contributed by atoms with van der Waals surface area (Å²) in [5.74, 6) is 0.148. The lowest BCUT2D eigenvalue weighted by Gasteiger charge is -2.33. The van der Waals surface area contributed by atoms with Crippen molar-refractivity contribution in [2.75, 3.05) is 31.1 Å². The summed E-state index contributed by atoms with van der Waals surface area (Å²) in [5.41, 5.74) is 2.09. The van der Waals surface area contributed by atoms with E-state index in [1.807, 2.05) is 60.4 Å². The molecule has 0 bridgehead atoms. The first-order valence-corrected chi connectivity index (χ1v) is 9.49. The molecule has 2 aromatic rings. The monoisotopic (exact) mass is 352 g/mol. The van der Waals surface area contributed by atoms with Gasteiger partial charge in [0.25, 0.3) is 0 Å². The maximum absolute atomic E-state index is 13.1. The molecule has 26 heavy (non-hydrogen) atoms. The van der Waals surface area contributed by atoms with Crippen LogP contribution >= 0.6 is 0 Å². The number of anilines is 1. The highest BCUT2D eigenvalue weighted by atomic mass is 16.5. The highest BCUT2D eigenvalue weighted by Gasteiger charge is 2.24. The van der Waals surface area contributed by atoms with Crippen molar-refractivity contribution in [2.45, 2.75) is 32.4 Å². The topological polar surface area (TPSA) is 32.8 Å². The summed E-state index contributed by atoms with van der Waals surface area (Å²) in [6.07, 6.45) is 2.36. The van der Waals surface area contributed by atoms with Gasteiger partial charge in [0.05, 0.1) is 19.2 Å². The molecule has 1 saturated heterocycles. The number of piperidine rings is 1. The van der Waals surface area contributed by atoms with Crippen LogP contribution in [0.2, 0.25) is 0 Å². The van der Waals surface area contributed by atoms with Crippen molar-refractivity contribution in [2.24, 2.45) is 0 Å². The van der Waals surface area contributed by atoms with E-state index in [0.29, 0.717) is 19.2 Å². The van der Waals surface area contributed by atoms with Gasteiger partial charge in [-0.3, -0.25) is 9.69 Å². The zero-order valence-corrected chi connectivity index (χ0v) is 15.5. The first-order chi connectivity index (χ1) is 12.8. The molecule has 138 valence electrons. The number of carbonyl (C=O) groups excluding carboxylic acids is 1. The lowest BCUT2D eigenvalue weighted by molar-refractivity contribution is -0.120. The Bertz CT molecular complexity index is 667. The van der Waals surface area contributed by atoms with Gasteiger partial charge in [-0.1, -0.05) is 48.5 Å². The normalized spacial score (nSPS) is 15.7. The standard InChI is InChI=1S/C22H28N2O2/c1-2-26-21-13-15-23(16-14-21)18-22(25)24(20-11-7-4-8-12-20)17-19-9-5-3-6-10-19/h3-12,21H,2,13-18H2,1H3. The minimum Gasteiger partial charge on any atom is -0.378 e. The molecular weight excluding hydrogens is 324 g/mol. The third kappa shape index (κ3) is 5.16. The Labute approximate surface area is 156 Å². The highest BCUT2D eigenvalue weighted by Crippen LogP contribution is 2.19. The number of para-hydroxylation sites is 1. The molecule has 0 radical (unpaired) electrons. The van der Waals surface area contributed by atoms with E-state index in [-0.39, 0.29) is 5.91 Å². The minimum absolute atomic E-state index is 0.148. The number of ether oxygens (including phenoxy) is 1. The third-order valence-electron chi connectivity index (χ3n) is 4.85. The fraction of sp³-hybridized carbons (Fsp3) is 0.409. The van der Waals surface area contributed by atoms with Crippen molar-refractivity contribution >= 4 is 11.6 Å². The summed E-state index contributed by atoms with van der Waals surface area (Å²) in [7, 11) is 0. The molecule has 0 aliphatic carbocycles. The molecule has 1 amide bonds. The van der Waals surface area contributed by atoms with Crippen molar-refractivity contribution < 1.29 is 9.53 Å². The minimum atomic E-state index is 0.148. The van der Waals surface area contributed by atoms with Gasteiger partial charge in [0.2, 0.25) is 5.91 Å². The average Bonchev–Trinajstić information content (AvgIpc) is 2.69. The molecule has 1 fully saturated rings. The highest BCUT2D eigenvalue weighted by molar-refractivity contribution is 5.94. The smallest absolute Gasteiger partial charge is 0.241 e. The van der Waals surface area contributed by atoms with Crippen molar-refractivity contribution in [1.29, 1.82) is 0 Å². The molecule has 2 aromatic carbocycles. The predicted octanol–water partition coefficient (Wildman–Crippen LogP) is 3.72. The van der Waals surface area contributed by atoms with Gasteiger partial charge in [-0.15, -0.1) is 0 Å². The number of nitrogens with zero attached hydrogens (tertiary/aromatic N) is 2. The molecule has 1 aliphatic heterocycles. The molecule has 0 atom stereocenters. The molecule has 0 spiro atoms. The van der Waals surface area contributed by atoms with Gasteiger partial charge >= 0.3 is 0 Å². The van der Waals surface area contributed by atoms with E-state index in [9.17, 15) is 4.79 Å². The molecular formula is C22H28N2O2. The van der Waals surface area contributed by atoms with E-state index < -0.39 is 0 Å². The number of rotatable bonds is 7. The van der Waals surface area contributed by atoms with Crippen LogP contribution < -0.4 is 4.90 Å². The summed E-state index contributed by atoms with van der Waals surface area (Å²) in [5, 5.41) is 0. The molecule has 3 rings (SSSR count). The van der Waals surface area contributed by atoms with E-state index in [1.54, 1.807) is 0 Å². The van der Waals surface area contributed by atoms with Crippen LogP contribution in [0.1, 0.15) is 25.3 Å². The van der Waals surface area contributed by atoms with Crippen LogP contribution in [0.5, 0.6) is 0 Å². The fourth-order valence-electron chi connectivity index (χ4n) is 3.44. The molecule has 4 nitrogen and oxygen atoms in total. The van der Waals surface area contributed by atoms with Gasteiger partial charge < -0.3 is 9.64 Å². The predicted molar refractivity (Wildman–Crippen MR) is 105 cm³/mol.